The molecule has 0 radical (unpaired) electrons. The van der Waals surface area contributed by atoms with Crippen molar-refractivity contribution in [2.75, 3.05) is 0 Å². The van der Waals surface area contributed by atoms with Crippen molar-refractivity contribution in [1.82, 2.24) is 10.3 Å². The number of thioether (sulfide) groups is 1. The molecule has 0 spiro atoms. The molecule has 0 atom stereocenters. The van der Waals surface area contributed by atoms with E-state index in [9.17, 15) is 10.1 Å². The fourth-order valence-electron chi connectivity index (χ4n) is 1.84. The van der Waals surface area contributed by atoms with Gasteiger partial charge in [-0.2, -0.15) is 0 Å². The van der Waals surface area contributed by atoms with Gasteiger partial charge in [-0.05, 0) is 34.1 Å². The highest BCUT2D eigenvalue weighted by Crippen LogP contribution is 2.33. The molecule has 0 saturated carbocycles. The molecule has 0 unspecified atom stereocenters. The highest BCUT2D eigenvalue weighted by atomic mass is 79.9. The molecule has 0 saturated heterocycles. The maximum atomic E-state index is 10.9. The minimum atomic E-state index is -0.490. The van der Waals surface area contributed by atoms with Crippen LogP contribution in [0.5, 0.6) is 0 Å². The lowest BCUT2D eigenvalue weighted by Crippen LogP contribution is -1.90. The molecular weight excluding hydrogens is 358 g/mol. The van der Waals surface area contributed by atoms with Crippen LogP contribution in [0.2, 0.25) is 0 Å². The van der Waals surface area contributed by atoms with Crippen molar-refractivity contribution in [3.05, 3.63) is 56.5 Å². The first-order valence-corrected chi connectivity index (χ1v) is 7.70. The number of rotatable bonds is 4. The lowest BCUT2D eigenvalue weighted by molar-refractivity contribution is -0.383. The van der Waals surface area contributed by atoms with Gasteiger partial charge >= 0.3 is 5.69 Å². The Kier molecular flexibility index (Phi) is 3.89. The average Bonchev–Trinajstić information content (AvgIpc) is 2.95. The first kappa shape index (κ1) is 14.0. The monoisotopic (exact) mass is 365 g/mol. The second-order valence-electron chi connectivity index (χ2n) is 4.22. The van der Waals surface area contributed by atoms with Crippen LogP contribution in [-0.4, -0.2) is 15.2 Å². The zero-order valence-corrected chi connectivity index (χ0v) is 12.9. The van der Waals surface area contributed by atoms with Gasteiger partial charge in [-0.3, -0.25) is 10.1 Å². The summed E-state index contributed by atoms with van der Waals surface area (Å²) in [5, 5.41) is 18.3. The van der Waals surface area contributed by atoms with Crippen molar-refractivity contribution in [1.29, 1.82) is 0 Å². The lowest BCUT2D eigenvalue weighted by atomic mass is 10.2. The number of hydrogen-bond donors (Lipinski definition) is 0. The number of nitro benzene ring substituents is 1. The summed E-state index contributed by atoms with van der Waals surface area (Å²) < 4.78 is 5.66. The summed E-state index contributed by atoms with van der Waals surface area (Å²) in [5.41, 5.74) is 1.65. The fraction of sp³-hybridized carbons (Fsp3) is 0.0769. The molecule has 3 aromatic rings. The van der Waals surface area contributed by atoms with Crippen LogP contribution in [0.4, 0.5) is 5.69 Å². The largest absolute Gasteiger partial charge is 0.300 e. The number of fused-ring (bicyclic) bond motifs is 1. The predicted molar refractivity (Wildman–Crippen MR) is 82.2 cm³/mol. The average molecular weight is 366 g/mol. The Morgan fingerprint density at radius 3 is 2.57 bits per heavy atom. The number of nitro groups is 1. The molecule has 106 valence electrons. The SMILES string of the molecule is O=[N+]([O-])c1ccc(SCc2ccc(Br)cc2)c2nonc12. The third-order valence-corrected chi connectivity index (χ3v) is 4.51. The molecule has 0 bridgehead atoms. The van der Waals surface area contributed by atoms with Gasteiger partial charge in [0.25, 0.3) is 0 Å². The Hall–Kier alpha value is -1.93. The van der Waals surface area contributed by atoms with Gasteiger partial charge in [-0.25, -0.2) is 4.63 Å². The molecule has 0 amide bonds. The minimum Gasteiger partial charge on any atom is -0.258 e. The first-order chi connectivity index (χ1) is 10.1. The van der Waals surface area contributed by atoms with Crippen molar-refractivity contribution in [3.8, 4) is 0 Å². The molecule has 21 heavy (non-hydrogen) atoms. The Morgan fingerprint density at radius 1 is 1.14 bits per heavy atom. The van der Waals surface area contributed by atoms with Gasteiger partial charge in [0.1, 0.15) is 0 Å². The third-order valence-electron chi connectivity index (χ3n) is 2.86. The van der Waals surface area contributed by atoms with E-state index in [2.05, 4.69) is 30.9 Å². The second kappa shape index (κ2) is 5.82. The van der Waals surface area contributed by atoms with Gasteiger partial charge in [-0.15, -0.1) is 11.8 Å². The molecule has 8 heteroatoms. The Morgan fingerprint density at radius 2 is 1.86 bits per heavy atom. The summed E-state index contributed by atoms with van der Waals surface area (Å²) in [4.78, 5) is 11.2. The van der Waals surface area contributed by atoms with E-state index >= 15 is 0 Å². The van der Waals surface area contributed by atoms with Crippen LogP contribution in [0.25, 0.3) is 11.0 Å². The number of benzene rings is 2. The van der Waals surface area contributed by atoms with E-state index in [1.807, 2.05) is 24.3 Å². The van der Waals surface area contributed by atoms with Gasteiger partial charge in [-0.1, -0.05) is 28.1 Å². The predicted octanol–water partition coefficient (Wildman–Crippen LogP) is 4.19. The summed E-state index contributed by atoms with van der Waals surface area (Å²) in [6.45, 7) is 0. The molecule has 0 aliphatic rings. The Bertz CT molecular complexity index is 804. The quantitative estimate of drug-likeness (QED) is 0.391. The van der Waals surface area contributed by atoms with E-state index in [-0.39, 0.29) is 11.2 Å². The van der Waals surface area contributed by atoms with E-state index in [1.165, 1.54) is 17.8 Å². The van der Waals surface area contributed by atoms with E-state index in [0.717, 1.165) is 20.7 Å². The van der Waals surface area contributed by atoms with Crippen molar-refractivity contribution < 1.29 is 9.55 Å². The summed E-state index contributed by atoms with van der Waals surface area (Å²) in [6.07, 6.45) is 0. The van der Waals surface area contributed by atoms with E-state index in [4.69, 9.17) is 0 Å². The van der Waals surface area contributed by atoms with Crippen molar-refractivity contribution >= 4 is 44.4 Å². The molecule has 0 aliphatic heterocycles. The van der Waals surface area contributed by atoms with Crippen LogP contribution in [0.15, 0.2) is 50.4 Å². The summed E-state index contributed by atoms with van der Waals surface area (Å²) in [6, 6.07) is 11.1. The molecule has 0 N–H and O–H groups in total. The van der Waals surface area contributed by atoms with Crippen LogP contribution in [-0.2, 0) is 5.75 Å². The number of aromatic nitrogens is 2. The lowest BCUT2D eigenvalue weighted by Gasteiger charge is -2.02. The maximum absolute atomic E-state index is 10.9. The maximum Gasteiger partial charge on any atom is 0.300 e. The molecule has 3 rings (SSSR count). The minimum absolute atomic E-state index is 0.0979. The van der Waals surface area contributed by atoms with Crippen molar-refractivity contribution in [2.45, 2.75) is 10.6 Å². The molecule has 2 aromatic carbocycles. The highest BCUT2D eigenvalue weighted by molar-refractivity contribution is 9.10. The Labute approximate surface area is 131 Å². The van der Waals surface area contributed by atoms with Crippen LogP contribution in [0, 0.1) is 10.1 Å². The number of nitrogens with zero attached hydrogens (tertiary/aromatic N) is 3. The van der Waals surface area contributed by atoms with Crippen LogP contribution >= 0.6 is 27.7 Å². The topological polar surface area (TPSA) is 82.1 Å². The number of halogens is 1. The third kappa shape index (κ3) is 2.91. The number of non-ortho nitro benzene ring substituents is 1. The summed E-state index contributed by atoms with van der Waals surface area (Å²) in [5.74, 6) is 0.729. The van der Waals surface area contributed by atoms with Gasteiger partial charge in [0, 0.05) is 21.2 Å². The summed E-state index contributed by atoms with van der Waals surface area (Å²) in [7, 11) is 0. The van der Waals surface area contributed by atoms with E-state index < -0.39 is 4.92 Å². The molecule has 1 heterocycles. The standard InChI is InChI=1S/C13H8BrN3O3S/c14-9-3-1-8(2-4-9)7-21-11-6-5-10(17(18)19)12-13(11)16-20-15-12/h1-6H,7H2. The van der Waals surface area contributed by atoms with Crippen LogP contribution < -0.4 is 0 Å². The zero-order chi connectivity index (χ0) is 14.8. The van der Waals surface area contributed by atoms with Gasteiger partial charge < -0.3 is 0 Å². The molecule has 0 aliphatic carbocycles. The van der Waals surface area contributed by atoms with Crippen molar-refractivity contribution in [3.63, 3.8) is 0 Å². The van der Waals surface area contributed by atoms with Crippen LogP contribution in [0.3, 0.4) is 0 Å². The van der Waals surface area contributed by atoms with Gasteiger partial charge in [0.05, 0.1) is 4.92 Å². The first-order valence-electron chi connectivity index (χ1n) is 5.92. The highest BCUT2D eigenvalue weighted by Gasteiger charge is 2.19. The van der Waals surface area contributed by atoms with Gasteiger partial charge in [0.15, 0.2) is 5.52 Å². The second-order valence-corrected chi connectivity index (χ2v) is 6.15. The number of hydrogen-bond acceptors (Lipinski definition) is 6. The Balaban J connectivity index is 1.88. The normalized spacial score (nSPS) is 10.9. The zero-order valence-electron chi connectivity index (χ0n) is 10.5. The van der Waals surface area contributed by atoms with E-state index in [0.29, 0.717) is 5.52 Å². The molecule has 6 nitrogen and oxygen atoms in total. The van der Waals surface area contributed by atoms with E-state index in [1.54, 1.807) is 6.07 Å². The smallest absolute Gasteiger partial charge is 0.258 e. The van der Waals surface area contributed by atoms with Gasteiger partial charge in [0.2, 0.25) is 5.52 Å². The molecule has 0 fully saturated rings. The summed E-state index contributed by atoms with van der Waals surface area (Å²) >= 11 is 4.92. The molecular formula is C13H8BrN3O3S. The van der Waals surface area contributed by atoms with Crippen molar-refractivity contribution in [2.24, 2.45) is 0 Å². The molecule has 1 aromatic heterocycles. The fourth-order valence-corrected chi connectivity index (χ4v) is 3.05. The van der Waals surface area contributed by atoms with Crippen LogP contribution in [0.1, 0.15) is 5.56 Å².